The molecule has 0 aliphatic rings. The lowest BCUT2D eigenvalue weighted by molar-refractivity contribution is 0.0961. The topological polar surface area (TPSA) is 75.6 Å². The molecule has 0 saturated heterocycles. The van der Waals surface area contributed by atoms with Gasteiger partial charge in [0.15, 0.2) is 0 Å². The molecule has 0 fully saturated rings. The molecule has 0 aliphatic carbocycles. The number of halogens is 2. The van der Waals surface area contributed by atoms with Gasteiger partial charge in [0.25, 0.3) is 0 Å². The van der Waals surface area contributed by atoms with Gasteiger partial charge in [0.05, 0.1) is 24.7 Å². The Balaban J connectivity index is 2.63. The van der Waals surface area contributed by atoms with Crippen molar-refractivity contribution in [1.29, 1.82) is 0 Å². The van der Waals surface area contributed by atoms with Crippen molar-refractivity contribution in [2.75, 3.05) is 26.4 Å². The fourth-order valence-electron chi connectivity index (χ4n) is 1.19. The minimum atomic E-state index is -3.56. The molecule has 8 heteroatoms. The summed E-state index contributed by atoms with van der Waals surface area (Å²) in [4.78, 5) is 0.174. The summed E-state index contributed by atoms with van der Waals surface area (Å²) < 4.78 is 32.5. The van der Waals surface area contributed by atoms with E-state index in [4.69, 9.17) is 9.84 Å². The van der Waals surface area contributed by atoms with E-state index in [0.717, 1.165) is 4.47 Å². The lowest BCUT2D eigenvalue weighted by Crippen LogP contribution is -2.28. The van der Waals surface area contributed by atoms with E-state index >= 15 is 0 Å². The summed E-state index contributed by atoms with van der Waals surface area (Å²) in [6.45, 7) is 0.494. The van der Waals surface area contributed by atoms with Crippen LogP contribution in [0.5, 0.6) is 0 Å². The SMILES string of the molecule is O=S(=O)(NCCOCCO)c1ccc(Br)cc1Br. The van der Waals surface area contributed by atoms with Crippen LogP contribution in [-0.4, -0.2) is 39.9 Å². The number of hydrogen-bond acceptors (Lipinski definition) is 4. The summed E-state index contributed by atoms with van der Waals surface area (Å²) in [6.07, 6.45) is 0. The van der Waals surface area contributed by atoms with Crippen LogP contribution in [0.4, 0.5) is 0 Å². The predicted molar refractivity (Wildman–Crippen MR) is 74.9 cm³/mol. The third-order valence-corrected chi connectivity index (χ3v) is 4.89. The van der Waals surface area contributed by atoms with Gasteiger partial charge in [-0.3, -0.25) is 0 Å². The van der Waals surface area contributed by atoms with Gasteiger partial charge in [0, 0.05) is 15.5 Å². The Bertz CT molecular complexity index is 493. The Morgan fingerprint density at radius 2 is 2.00 bits per heavy atom. The second kappa shape index (κ2) is 7.56. The minimum Gasteiger partial charge on any atom is -0.394 e. The maximum atomic E-state index is 11.9. The molecule has 18 heavy (non-hydrogen) atoms. The second-order valence-electron chi connectivity index (χ2n) is 3.31. The highest BCUT2D eigenvalue weighted by atomic mass is 79.9. The molecule has 1 aromatic rings. The Hall–Kier alpha value is 0.01000. The number of sulfonamides is 1. The van der Waals surface area contributed by atoms with E-state index in [1.165, 1.54) is 6.07 Å². The van der Waals surface area contributed by atoms with Crippen molar-refractivity contribution in [2.45, 2.75) is 4.90 Å². The van der Waals surface area contributed by atoms with Crippen molar-refractivity contribution >= 4 is 41.9 Å². The van der Waals surface area contributed by atoms with Crippen molar-refractivity contribution in [1.82, 2.24) is 4.72 Å². The molecular weight excluding hydrogens is 390 g/mol. The molecule has 1 rings (SSSR count). The van der Waals surface area contributed by atoms with E-state index in [9.17, 15) is 8.42 Å². The van der Waals surface area contributed by atoms with Crippen molar-refractivity contribution in [3.05, 3.63) is 27.1 Å². The Labute approximate surface area is 123 Å². The molecule has 5 nitrogen and oxygen atoms in total. The summed E-state index contributed by atoms with van der Waals surface area (Å²) >= 11 is 6.46. The third kappa shape index (κ3) is 4.94. The first kappa shape index (κ1) is 16.1. The van der Waals surface area contributed by atoms with Gasteiger partial charge in [-0.25, -0.2) is 13.1 Å². The molecule has 102 valence electrons. The minimum absolute atomic E-state index is 0.0784. The van der Waals surface area contributed by atoms with Crippen molar-refractivity contribution in [3.8, 4) is 0 Å². The van der Waals surface area contributed by atoms with Crippen LogP contribution in [0.1, 0.15) is 0 Å². The first-order valence-corrected chi connectivity index (χ1v) is 8.17. The molecule has 0 spiro atoms. The lowest BCUT2D eigenvalue weighted by atomic mass is 10.4. The first-order chi connectivity index (χ1) is 8.47. The Morgan fingerprint density at radius 3 is 2.61 bits per heavy atom. The van der Waals surface area contributed by atoms with Gasteiger partial charge in [-0.1, -0.05) is 15.9 Å². The van der Waals surface area contributed by atoms with E-state index in [0.29, 0.717) is 4.47 Å². The molecule has 0 radical (unpaired) electrons. The summed E-state index contributed by atoms with van der Waals surface area (Å²) in [6, 6.07) is 4.82. The van der Waals surface area contributed by atoms with Gasteiger partial charge in [0.2, 0.25) is 10.0 Å². The van der Waals surface area contributed by atoms with E-state index in [1.807, 2.05) is 0 Å². The zero-order valence-electron chi connectivity index (χ0n) is 9.40. The van der Waals surface area contributed by atoms with E-state index < -0.39 is 10.0 Å². The second-order valence-corrected chi connectivity index (χ2v) is 6.81. The van der Waals surface area contributed by atoms with Gasteiger partial charge < -0.3 is 9.84 Å². The quantitative estimate of drug-likeness (QED) is 0.677. The van der Waals surface area contributed by atoms with E-state index in [1.54, 1.807) is 12.1 Å². The van der Waals surface area contributed by atoms with Gasteiger partial charge in [-0.05, 0) is 34.1 Å². The number of ether oxygens (including phenoxy) is 1. The number of aliphatic hydroxyl groups excluding tert-OH is 1. The molecule has 0 unspecified atom stereocenters. The zero-order valence-corrected chi connectivity index (χ0v) is 13.4. The fraction of sp³-hybridized carbons (Fsp3) is 0.400. The zero-order chi connectivity index (χ0) is 13.6. The largest absolute Gasteiger partial charge is 0.394 e. The molecule has 0 amide bonds. The number of hydrogen-bond donors (Lipinski definition) is 2. The van der Waals surface area contributed by atoms with Gasteiger partial charge in [0.1, 0.15) is 0 Å². The molecule has 2 N–H and O–H groups in total. The van der Waals surface area contributed by atoms with Crippen molar-refractivity contribution in [3.63, 3.8) is 0 Å². The molecule has 1 aromatic carbocycles. The molecule has 0 bridgehead atoms. The Morgan fingerprint density at radius 1 is 1.28 bits per heavy atom. The van der Waals surface area contributed by atoms with E-state index in [2.05, 4.69) is 36.6 Å². The van der Waals surface area contributed by atoms with Gasteiger partial charge >= 0.3 is 0 Å². The predicted octanol–water partition coefficient (Wildman–Crippen LogP) is 1.50. The maximum Gasteiger partial charge on any atom is 0.241 e. The molecular formula is C10H13Br2NO4S. The highest BCUT2D eigenvalue weighted by Gasteiger charge is 2.16. The van der Waals surface area contributed by atoms with Gasteiger partial charge in [-0.2, -0.15) is 0 Å². The highest BCUT2D eigenvalue weighted by Crippen LogP contribution is 2.25. The maximum absolute atomic E-state index is 11.9. The monoisotopic (exact) mass is 401 g/mol. The van der Waals surface area contributed by atoms with Gasteiger partial charge in [-0.15, -0.1) is 0 Å². The third-order valence-electron chi connectivity index (χ3n) is 1.96. The summed E-state index contributed by atoms with van der Waals surface area (Å²) in [5, 5.41) is 8.49. The molecule has 0 heterocycles. The van der Waals surface area contributed by atoms with Crippen LogP contribution in [0.3, 0.4) is 0 Å². The number of nitrogens with one attached hydrogen (secondary N) is 1. The summed E-state index contributed by atoms with van der Waals surface area (Å²) in [5.41, 5.74) is 0. The van der Waals surface area contributed by atoms with Crippen LogP contribution in [-0.2, 0) is 14.8 Å². The van der Waals surface area contributed by atoms with Crippen LogP contribution < -0.4 is 4.72 Å². The highest BCUT2D eigenvalue weighted by molar-refractivity contribution is 9.11. The average Bonchev–Trinajstić information content (AvgIpc) is 2.28. The van der Waals surface area contributed by atoms with Crippen molar-refractivity contribution < 1.29 is 18.3 Å². The van der Waals surface area contributed by atoms with Crippen LogP contribution in [0.2, 0.25) is 0 Å². The number of aliphatic hydroxyl groups is 1. The van der Waals surface area contributed by atoms with Crippen LogP contribution in [0, 0.1) is 0 Å². The number of rotatable bonds is 7. The molecule has 0 aliphatic heterocycles. The number of benzene rings is 1. The molecule has 0 aromatic heterocycles. The average molecular weight is 403 g/mol. The van der Waals surface area contributed by atoms with E-state index in [-0.39, 0.29) is 31.3 Å². The van der Waals surface area contributed by atoms with Crippen LogP contribution in [0.25, 0.3) is 0 Å². The smallest absolute Gasteiger partial charge is 0.241 e. The Kier molecular flexibility index (Phi) is 6.75. The lowest BCUT2D eigenvalue weighted by Gasteiger charge is -2.08. The normalized spacial score (nSPS) is 11.7. The fourth-order valence-corrected chi connectivity index (χ4v) is 3.94. The van der Waals surface area contributed by atoms with Crippen LogP contribution in [0.15, 0.2) is 32.0 Å². The first-order valence-electron chi connectivity index (χ1n) is 5.10. The summed E-state index contributed by atoms with van der Waals surface area (Å²) in [7, 11) is -3.56. The van der Waals surface area contributed by atoms with Crippen molar-refractivity contribution in [2.24, 2.45) is 0 Å². The molecule has 0 saturated carbocycles. The molecule has 0 atom stereocenters. The standard InChI is InChI=1S/C10H13Br2NO4S/c11-8-1-2-10(9(12)7-8)18(15,16)13-3-5-17-6-4-14/h1-2,7,13-14H,3-6H2. The van der Waals surface area contributed by atoms with Crippen LogP contribution >= 0.6 is 31.9 Å². The summed E-state index contributed by atoms with van der Waals surface area (Å²) in [5.74, 6) is 0.